The molecule has 2 N–H and O–H groups in total. The zero-order chi connectivity index (χ0) is 10.2. The Bertz CT molecular complexity index is 269. The third-order valence-corrected chi connectivity index (χ3v) is 1.88. The van der Waals surface area contributed by atoms with E-state index in [2.05, 4.69) is 23.0 Å². The lowest BCUT2D eigenvalue weighted by atomic mass is 10.3. The lowest BCUT2D eigenvalue weighted by Gasteiger charge is -2.13. The molecule has 0 aliphatic carbocycles. The number of nitrogens with two attached hydrogens (primary N) is 1. The molecule has 0 aliphatic rings. The van der Waals surface area contributed by atoms with E-state index >= 15 is 0 Å². The molecule has 0 unspecified atom stereocenters. The van der Waals surface area contributed by atoms with Crippen LogP contribution in [0.3, 0.4) is 0 Å². The lowest BCUT2D eigenvalue weighted by molar-refractivity contribution is 0.358. The summed E-state index contributed by atoms with van der Waals surface area (Å²) < 4.78 is 0. The average Bonchev–Trinajstić information content (AvgIpc) is 2.20. The second-order valence-electron chi connectivity index (χ2n) is 3.22. The third kappa shape index (κ3) is 4.16. The zero-order valence-electron chi connectivity index (χ0n) is 8.56. The number of rotatable bonds is 5. The molecule has 1 rings (SSSR count). The summed E-state index contributed by atoms with van der Waals surface area (Å²) in [6.45, 7) is 2.39. The van der Waals surface area contributed by atoms with E-state index < -0.39 is 0 Å². The molecule has 0 aromatic carbocycles. The van der Waals surface area contributed by atoms with E-state index in [-0.39, 0.29) is 0 Å². The first-order valence-corrected chi connectivity index (χ1v) is 4.76. The Hall–Kier alpha value is -1.19. The molecule has 0 spiro atoms. The van der Waals surface area contributed by atoms with Gasteiger partial charge in [-0.2, -0.15) is 0 Å². The fourth-order valence-electron chi connectivity index (χ4n) is 1.18. The van der Waals surface area contributed by atoms with E-state index in [1.165, 1.54) is 0 Å². The van der Waals surface area contributed by atoms with Crippen LogP contribution in [-0.2, 0) is 6.54 Å². The Kier molecular flexibility index (Phi) is 4.89. The second-order valence-corrected chi connectivity index (χ2v) is 3.22. The van der Waals surface area contributed by atoms with Gasteiger partial charge in [0.1, 0.15) is 0 Å². The Balaban J connectivity index is 2.34. The van der Waals surface area contributed by atoms with Gasteiger partial charge in [-0.15, -0.1) is 0 Å². The molecule has 1 aromatic heterocycles. The molecule has 3 heteroatoms. The van der Waals surface area contributed by atoms with Gasteiger partial charge in [0, 0.05) is 25.8 Å². The topological polar surface area (TPSA) is 42.1 Å². The fourth-order valence-corrected chi connectivity index (χ4v) is 1.18. The first kappa shape index (κ1) is 10.9. The highest BCUT2D eigenvalue weighted by atomic mass is 15.1. The van der Waals surface area contributed by atoms with Crippen LogP contribution in [0.4, 0.5) is 0 Å². The summed E-state index contributed by atoms with van der Waals surface area (Å²) in [4.78, 5) is 6.45. The van der Waals surface area contributed by atoms with Gasteiger partial charge in [0.05, 0.1) is 5.69 Å². The van der Waals surface area contributed by atoms with Gasteiger partial charge in [0.2, 0.25) is 0 Å². The van der Waals surface area contributed by atoms with Crippen molar-refractivity contribution in [3.8, 4) is 0 Å². The van der Waals surface area contributed by atoms with Crippen LogP contribution in [0.25, 0.3) is 0 Å². The van der Waals surface area contributed by atoms with Crippen LogP contribution in [0.2, 0.25) is 0 Å². The van der Waals surface area contributed by atoms with E-state index in [1.54, 1.807) is 0 Å². The predicted octanol–water partition coefficient (Wildman–Crippen LogP) is 1.03. The minimum Gasteiger partial charge on any atom is -0.327 e. The van der Waals surface area contributed by atoms with E-state index in [1.807, 2.05) is 30.5 Å². The van der Waals surface area contributed by atoms with Gasteiger partial charge in [-0.3, -0.25) is 9.88 Å². The quantitative estimate of drug-likeness (QED) is 0.707. The van der Waals surface area contributed by atoms with Crippen molar-refractivity contribution < 1.29 is 0 Å². The predicted molar refractivity (Wildman–Crippen MR) is 58.8 cm³/mol. The summed E-state index contributed by atoms with van der Waals surface area (Å²) in [5.41, 5.74) is 6.44. The molecular weight excluding hydrogens is 174 g/mol. The van der Waals surface area contributed by atoms with Crippen molar-refractivity contribution in [2.45, 2.75) is 6.54 Å². The molecule has 0 amide bonds. The number of pyridine rings is 1. The van der Waals surface area contributed by atoms with E-state index in [4.69, 9.17) is 5.73 Å². The molecule has 1 aromatic rings. The molecule has 0 saturated heterocycles. The molecule has 1 heterocycles. The molecule has 0 saturated carbocycles. The van der Waals surface area contributed by atoms with Crippen LogP contribution in [0, 0.1) is 0 Å². The Morgan fingerprint density at radius 2 is 2.29 bits per heavy atom. The molecule has 0 radical (unpaired) electrons. The van der Waals surface area contributed by atoms with Crippen LogP contribution in [0.5, 0.6) is 0 Å². The molecule has 0 aliphatic heterocycles. The summed E-state index contributed by atoms with van der Waals surface area (Å²) in [5, 5.41) is 0. The van der Waals surface area contributed by atoms with Crippen molar-refractivity contribution in [1.82, 2.24) is 9.88 Å². The molecule has 0 fully saturated rings. The molecule has 76 valence electrons. The average molecular weight is 191 g/mol. The number of nitrogens with zero attached hydrogens (tertiary/aromatic N) is 2. The monoisotopic (exact) mass is 191 g/mol. The normalized spacial score (nSPS) is 11.4. The van der Waals surface area contributed by atoms with Crippen LogP contribution in [0.1, 0.15) is 5.69 Å². The number of hydrogen-bond donors (Lipinski definition) is 1. The van der Waals surface area contributed by atoms with Crippen LogP contribution in [0.15, 0.2) is 36.5 Å². The molecule has 14 heavy (non-hydrogen) atoms. The highest BCUT2D eigenvalue weighted by Crippen LogP contribution is 1.97. The first-order chi connectivity index (χ1) is 6.83. The summed E-state index contributed by atoms with van der Waals surface area (Å²) in [7, 11) is 2.07. The maximum atomic E-state index is 5.35. The summed E-state index contributed by atoms with van der Waals surface area (Å²) in [6.07, 6.45) is 5.86. The smallest absolute Gasteiger partial charge is 0.0543 e. The van der Waals surface area contributed by atoms with Gasteiger partial charge in [-0.1, -0.05) is 18.2 Å². The molecule has 0 bridgehead atoms. The zero-order valence-corrected chi connectivity index (χ0v) is 8.56. The fraction of sp³-hybridized carbons (Fsp3) is 0.364. The Labute approximate surface area is 85.3 Å². The first-order valence-electron chi connectivity index (χ1n) is 4.76. The van der Waals surface area contributed by atoms with Crippen molar-refractivity contribution in [2.24, 2.45) is 5.73 Å². The maximum Gasteiger partial charge on any atom is 0.0543 e. The van der Waals surface area contributed by atoms with Crippen molar-refractivity contribution in [3.63, 3.8) is 0 Å². The summed E-state index contributed by atoms with van der Waals surface area (Å²) >= 11 is 0. The lowest BCUT2D eigenvalue weighted by Crippen LogP contribution is -2.18. The van der Waals surface area contributed by atoms with Crippen molar-refractivity contribution in [2.75, 3.05) is 20.1 Å². The molecule has 3 nitrogen and oxygen atoms in total. The van der Waals surface area contributed by atoms with E-state index in [9.17, 15) is 0 Å². The van der Waals surface area contributed by atoms with Crippen LogP contribution in [-0.4, -0.2) is 30.0 Å². The van der Waals surface area contributed by atoms with E-state index in [0.29, 0.717) is 6.54 Å². The van der Waals surface area contributed by atoms with Crippen molar-refractivity contribution in [3.05, 3.63) is 42.2 Å². The largest absolute Gasteiger partial charge is 0.327 e. The number of hydrogen-bond acceptors (Lipinski definition) is 3. The van der Waals surface area contributed by atoms with Crippen LogP contribution >= 0.6 is 0 Å². The number of likely N-dealkylation sites (N-methyl/N-ethyl adjacent to an activating group) is 1. The highest BCUT2D eigenvalue weighted by Gasteiger charge is 1.97. The van der Waals surface area contributed by atoms with Crippen molar-refractivity contribution >= 4 is 0 Å². The number of aromatic nitrogens is 1. The third-order valence-electron chi connectivity index (χ3n) is 1.88. The van der Waals surface area contributed by atoms with Crippen LogP contribution < -0.4 is 5.73 Å². The van der Waals surface area contributed by atoms with Gasteiger partial charge >= 0.3 is 0 Å². The minimum atomic E-state index is 0.609. The van der Waals surface area contributed by atoms with E-state index in [0.717, 1.165) is 18.8 Å². The molecule has 0 atom stereocenters. The molecular formula is C11H17N3. The van der Waals surface area contributed by atoms with Gasteiger partial charge < -0.3 is 5.73 Å². The maximum absolute atomic E-state index is 5.35. The second kappa shape index (κ2) is 6.29. The van der Waals surface area contributed by atoms with Gasteiger partial charge in [-0.05, 0) is 19.2 Å². The Morgan fingerprint density at radius 1 is 1.43 bits per heavy atom. The standard InChI is InChI=1S/C11H17N3/c1-14(9-5-3-7-12)10-11-6-2-4-8-13-11/h2-6,8H,7,9-10,12H2,1H3. The summed E-state index contributed by atoms with van der Waals surface area (Å²) in [5.74, 6) is 0. The SMILES string of the molecule is CN(CC=CCN)Cc1ccccn1. The van der Waals surface area contributed by atoms with Crippen molar-refractivity contribution in [1.29, 1.82) is 0 Å². The minimum absolute atomic E-state index is 0.609. The highest BCUT2D eigenvalue weighted by molar-refractivity contribution is 5.03. The van der Waals surface area contributed by atoms with Gasteiger partial charge in [-0.25, -0.2) is 0 Å². The Morgan fingerprint density at radius 3 is 2.93 bits per heavy atom. The summed E-state index contributed by atoms with van der Waals surface area (Å²) in [6, 6.07) is 5.97. The van der Waals surface area contributed by atoms with Gasteiger partial charge in [0.25, 0.3) is 0 Å². The van der Waals surface area contributed by atoms with Gasteiger partial charge in [0.15, 0.2) is 0 Å².